The van der Waals surface area contributed by atoms with E-state index >= 15 is 0 Å². The van der Waals surface area contributed by atoms with E-state index in [0.717, 1.165) is 0 Å². The first-order valence-corrected chi connectivity index (χ1v) is 10.4. The lowest BCUT2D eigenvalue weighted by Crippen LogP contribution is -2.07. The Morgan fingerprint density at radius 3 is 1.24 bits per heavy atom. The summed E-state index contributed by atoms with van der Waals surface area (Å²) in [5.41, 5.74) is 0. The minimum absolute atomic E-state index is 0.0866. The highest BCUT2D eigenvalue weighted by Crippen LogP contribution is 2.42. The van der Waals surface area contributed by atoms with Crippen LogP contribution in [0.1, 0.15) is 0 Å². The smallest absolute Gasteiger partial charge is 0.208 e. The number of rotatable bonds is 10. The topological polar surface area (TPSA) is 62.0 Å². The van der Waals surface area contributed by atoms with Gasteiger partial charge in [0, 0.05) is 0 Å². The third-order valence-corrected chi connectivity index (χ3v) is 4.96. The van der Waals surface area contributed by atoms with Crippen LogP contribution in [0.15, 0.2) is 48.5 Å². The molecule has 2 fully saturated rings. The van der Waals surface area contributed by atoms with Crippen LogP contribution in [0.2, 0.25) is 0 Å². The van der Waals surface area contributed by atoms with Gasteiger partial charge in [0.2, 0.25) is 34.8 Å². The molecule has 10 heteroatoms. The van der Waals surface area contributed by atoms with E-state index in [2.05, 4.69) is 0 Å². The zero-order valence-corrected chi connectivity index (χ0v) is 17.6. The molecule has 34 heavy (non-hydrogen) atoms. The van der Waals surface area contributed by atoms with Crippen molar-refractivity contribution in [3.63, 3.8) is 0 Å². The molecule has 0 N–H and O–H groups in total. The Balaban J connectivity index is 1.41. The Morgan fingerprint density at radius 2 is 0.912 bits per heavy atom. The molecule has 0 bridgehead atoms. The quantitative estimate of drug-likeness (QED) is 0.222. The average Bonchev–Trinajstić information content (AvgIpc) is 3.77. The molecule has 2 atom stereocenters. The highest BCUT2D eigenvalue weighted by Gasteiger charge is 2.31. The van der Waals surface area contributed by atoms with E-state index < -0.39 is 34.8 Å². The summed E-state index contributed by atoms with van der Waals surface area (Å²) in [5.74, 6) is -9.60. The van der Waals surface area contributed by atoms with Gasteiger partial charge in [-0.15, -0.1) is 0 Å². The maximum Gasteiger partial charge on any atom is 0.208 e. The minimum Gasteiger partial charge on any atom is -0.487 e. The summed E-state index contributed by atoms with van der Waals surface area (Å²) in [6, 6.07) is 11.9. The zero-order chi connectivity index (χ0) is 23.7. The van der Waals surface area contributed by atoms with Gasteiger partial charge >= 0.3 is 0 Å². The molecule has 5 rings (SSSR count). The lowest BCUT2D eigenvalue weighted by Gasteiger charge is -2.16. The van der Waals surface area contributed by atoms with E-state index in [1.54, 1.807) is 12.1 Å². The maximum absolute atomic E-state index is 14.8. The van der Waals surface area contributed by atoms with Crippen molar-refractivity contribution in [1.29, 1.82) is 0 Å². The number of epoxide rings is 2. The first-order valence-electron chi connectivity index (χ1n) is 10.4. The van der Waals surface area contributed by atoms with Crippen LogP contribution in [-0.4, -0.2) is 38.6 Å². The Kier molecular flexibility index (Phi) is 6.16. The van der Waals surface area contributed by atoms with Crippen LogP contribution in [0.25, 0.3) is 0 Å². The fourth-order valence-corrected chi connectivity index (χ4v) is 2.99. The van der Waals surface area contributed by atoms with Gasteiger partial charge in [-0.2, -0.15) is 17.6 Å². The first-order chi connectivity index (χ1) is 16.5. The molecule has 3 aromatic carbocycles. The summed E-state index contributed by atoms with van der Waals surface area (Å²) < 4.78 is 90.7. The second-order valence-electron chi connectivity index (χ2n) is 7.54. The SMILES string of the molecule is Fc1c(F)c(Oc2ccccc2OC[C@H]2CO2)c(F)c(F)c1Oc1ccccc1OC[C@@H]1CO1. The van der Waals surface area contributed by atoms with Gasteiger partial charge in [0.25, 0.3) is 0 Å². The third kappa shape index (κ3) is 4.87. The van der Waals surface area contributed by atoms with E-state index in [4.69, 9.17) is 28.4 Å². The number of halogens is 4. The number of hydrogen-bond donors (Lipinski definition) is 0. The van der Waals surface area contributed by atoms with Crippen molar-refractivity contribution >= 4 is 0 Å². The van der Waals surface area contributed by atoms with Crippen LogP contribution in [0.5, 0.6) is 34.5 Å². The monoisotopic (exact) mass is 478 g/mol. The summed E-state index contributed by atoms with van der Waals surface area (Å²) in [6.07, 6.45) is -0.173. The molecule has 0 aliphatic carbocycles. The molecule has 0 aromatic heterocycles. The van der Waals surface area contributed by atoms with E-state index in [9.17, 15) is 17.6 Å². The number of para-hydroxylation sites is 4. The summed E-state index contributed by atoms with van der Waals surface area (Å²) in [6.45, 7) is 1.45. The molecule has 6 nitrogen and oxygen atoms in total. The molecule has 0 spiro atoms. The normalized spacial score (nSPS) is 18.4. The van der Waals surface area contributed by atoms with Crippen molar-refractivity contribution in [1.82, 2.24) is 0 Å². The highest BCUT2D eigenvalue weighted by atomic mass is 19.2. The molecule has 0 amide bonds. The highest BCUT2D eigenvalue weighted by molar-refractivity contribution is 5.48. The van der Waals surface area contributed by atoms with E-state index in [1.807, 2.05) is 0 Å². The predicted molar refractivity (Wildman–Crippen MR) is 110 cm³/mol. The first kappa shape index (κ1) is 22.3. The van der Waals surface area contributed by atoms with Crippen molar-refractivity contribution in [2.45, 2.75) is 12.2 Å². The van der Waals surface area contributed by atoms with Gasteiger partial charge in [0.05, 0.1) is 13.2 Å². The number of hydrogen-bond acceptors (Lipinski definition) is 6. The molecule has 0 saturated carbocycles. The molecule has 178 valence electrons. The van der Waals surface area contributed by atoms with Gasteiger partial charge < -0.3 is 28.4 Å². The Hall–Kier alpha value is -3.50. The number of benzene rings is 3. The molecule has 2 aliphatic rings. The van der Waals surface area contributed by atoms with Crippen molar-refractivity contribution in [3.05, 3.63) is 71.8 Å². The lowest BCUT2D eigenvalue weighted by molar-refractivity contribution is 0.250. The van der Waals surface area contributed by atoms with Gasteiger partial charge in [0.15, 0.2) is 23.0 Å². The van der Waals surface area contributed by atoms with Crippen LogP contribution >= 0.6 is 0 Å². The zero-order valence-electron chi connectivity index (χ0n) is 17.6. The van der Waals surface area contributed by atoms with E-state index in [0.29, 0.717) is 13.2 Å². The number of ether oxygens (including phenoxy) is 6. The van der Waals surface area contributed by atoms with Gasteiger partial charge in [-0.1, -0.05) is 24.3 Å². The van der Waals surface area contributed by atoms with Crippen molar-refractivity contribution < 1.29 is 46.0 Å². The van der Waals surface area contributed by atoms with Gasteiger partial charge in [0.1, 0.15) is 25.4 Å². The van der Waals surface area contributed by atoms with Gasteiger partial charge in [-0.3, -0.25) is 0 Å². The second-order valence-corrected chi connectivity index (χ2v) is 7.54. The molecule has 3 aromatic rings. The minimum atomic E-state index is -1.76. The van der Waals surface area contributed by atoms with Gasteiger partial charge in [-0.25, -0.2) is 0 Å². The average molecular weight is 478 g/mol. The molecule has 2 saturated heterocycles. The largest absolute Gasteiger partial charge is 0.487 e. The Labute approximate surface area is 191 Å². The van der Waals surface area contributed by atoms with Crippen molar-refractivity contribution in [2.75, 3.05) is 26.4 Å². The van der Waals surface area contributed by atoms with Crippen molar-refractivity contribution in [3.8, 4) is 34.5 Å². The maximum atomic E-state index is 14.8. The summed E-state index contributed by atoms with van der Waals surface area (Å²) in [4.78, 5) is 0. The summed E-state index contributed by atoms with van der Waals surface area (Å²) in [5, 5.41) is 0. The van der Waals surface area contributed by atoms with Crippen LogP contribution in [-0.2, 0) is 9.47 Å². The van der Waals surface area contributed by atoms with Crippen LogP contribution in [0.4, 0.5) is 17.6 Å². The fourth-order valence-electron chi connectivity index (χ4n) is 2.99. The van der Waals surface area contributed by atoms with Crippen LogP contribution in [0, 0.1) is 23.3 Å². The van der Waals surface area contributed by atoms with Crippen LogP contribution in [0.3, 0.4) is 0 Å². The summed E-state index contributed by atoms with van der Waals surface area (Å²) in [7, 11) is 0. The van der Waals surface area contributed by atoms with Crippen LogP contribution < -0.4 is 18.9 Å². The van der Waals surface area contributed by atoms with E-state index in [1.165, 1.54) is 36.4 Å². The molecule has 2 aliphatic heterocycles. The molecule has 0 unspecified atom stereocenters. The lowest BCUT2D eigenvalue weighted by atomic mass is 10.2. The fraction of sp³-hybridized carbons (Fsp3) is 0.250. The molecule has 2 heterocycles. The Bertz CT molecular complexity index is 1070. The predicted octanol–water partition coefficient (Wildman–Crippen LogP) is 5.38. The summed E-state index contributed by atoms with van der Waals surface area (Å²) >= 11 is 0. The Morgan fingerprint density at radius 1 is 0.588 bits per heavy atom. The third-order valence-electron chi connectivity index (χ3n) is 4.96. The standard InChI is InChI=1S/C24H18F4O6/c25-19-21(27)24(34-18-8-4-2-6-16(18)32-12-14-10-30-14)22(28)20(26)23(19)33-17-7-3-1-5-15(17)31-11-13-9-29-13/h1-8,13-14H,9-12H2/t13-,14+. The molecular weight excluding hydrogens is 460 g/mol. The second kappa shape index (κ2) is 9.40. The molecule has 0 radical (unpaired) electrons. The molecular formula is C24H18F4O6. The van der Waals surface area contributed by atoms with Crippen molar-refractivity contribution in [2.24, 2.45) is 0 Å². The van der Waals surface area contributed by atoms with E-state index in [-0.39, 0.29) is 48.4 Å². The van der Waals surface area contributed by atoms with Gasteiger partial charge in [-0.05, 0) is 24.3 Å².